The zero-order valence-electron chi connectivity index (χ0n) is 11.6. The quantitative estimate of drug-likeness (QED) is 0.908. The molecule has 106 valence electrons. The SMILES string of the molecule is CNc1cccnc1S(=O)(=O)Nc1cccc(C)c1C. The molecule has 1 aromatic carbocycles. The van der Waals surface area contributed by atoms with E-state index in [9.17, 15) is 8.42 Å². The van der Waals surface area contributed by atoms with Gasteiger partial charge in [-0.05, 0) is 43.2 Å². The molecule has 1 aromatic heterocycles. The fourth-order valence-electron chi connectivity index (χ4n) is 1.85. The third kappa shape index (κ3) is 2.75. The van der Waals surface area contributed by atoms with Crippen molar-refractivity contribution < 1.29 is 8.42 Å². The Hall–Kier alpha value is -2.08. The van der Waals surface area contributed by atoms with Gasteiger partial charge in [0.1, 0.15) is 0 Å². The molecule has 0 aliphatic rings. The summed E-state index contributed by atoms with van der Waals surface area (Å²) < 4.78 is 27.5. The summed E-state index contributed by atoms with van der Waals surface area (Å²) in [5.41, 5.74) is 2.96. The van der Waals surface area contributed by atoms with Gasteiger partial charge in [0.2, 0.25) is 0 Å². The molecule has 0 radical (unpaired) electrons. The maximum absolute atomic E-state index is 12.4. The second kappa shape index (κ2) is 5.50. The van der Waals surface area contributed by atoms with Crippen LogP contribution in [0.25, 0.3) is 0 Å². The van der Waals surface area contributed by atoms with Gasteiger partial charge < -0.3 is 5.32 Å². The summed E-state index contributed by atoms with van der Waals surface area (Å²) in [6.07, 6.45) is 1.46. The summed E-state index contributed by atoms with van der Waals surface area (Å²) in [6, 6.07) is 8.85. The van der Waals surface area contributed by atoms with Gasteiger partial charge in [0.15, 0.2) is 5.03 Å². The van der Waals surface area contributed by atoms with E-state index in [4.69, 9.17) is 0 Å². The summed E-state index contributed by atoms with van der Waals surface area (Å²) in [4.78, 5) is 3.96. The number of nitrogens with one attached hydrogen (secondary N) is 2. The molecule has 0 saturated carbocycles. The summed E-state index contributed by atoms with van der Waals surface area (Å²) in [5, 5.41) is 2.82. The third-order valence-corrected chi connectivity index (χ3v) is 4.47. The molecule has 2 rings (SSSR count). The van der Waals surface area contributed by atoms with Crippen LogP contribution in [0.15, 0.2) is 41.6 Å². The minimum Gasteiger partial charge on any atom is -0.386 e. The first kappa shape index (κ1) is 14.3. The van der Waals surface area contributed by atoms with Crippen molar-refractivity contribution in [2.75, 3.05) is 17.1 Å². The first-order valence-corrected chi connectivity index (χ1v) is 7.66. The predicted molar refractivity (Wildman–Crippen MR) is 80.5 cm³/mol. The molecular weight excluding hydrogens is 274 g/mol. The van der Waals surface area contributed by atoms with Crippen LogP contribution >= 0.6 is 0 Å². The zero-order chi connectivity index (χ0) is 14.8. The maximum atomic E-state index is 12.4. The highest BCUT2D eigenvalue weighted by Crippen LogP contribution is 2.24. The molecule has 0 bridgehead atoms. The highest BCUT2D eigenvalue weighted by molar-refractivity contribution is 7.92. The number of benzene rings is 1. The van der Waals surface area contributed by atoms with Gasteiger partial charge >= 0.3 is 0 Å². The van der Waals surface area contributed by atoms with Crippen molar-refractivity contribution in [3.05, 3.63) is 47.7 Å². The van der Waals surface area contributed by atoms with Crippen molar-refractivity contribution in [3.63, 3.8) is 0 Å². The van der Waals surface area contributed by atoms with Crippen LogP contribution in [0.2, 0.25) is 0 Å². The Bertz CT molecular complexity index is 727. The Kier molecular flexibility index (Phi) is 3.94. The lowest BCUT2D eigenvalue weighted by Gasteiger charge is -2.13. The van der Waals surface area contributed by atoms with Gasteiger partial charge in [-0.3, -0.25) is 4.72 Å². The summed E-state index contributed by atoms with van der Waals surface area (Å²) >= 11 is 0. The Balaban J connectivity index is 2.44. The largest absolute Gasteiger partial charge is 0.386 e. The van der Waals surface area contributed by atoms with Gasteiger partial charge in [-0.1, -0.05) is 12.1 Å². The van der Waals surface area contributed by atoms with Crippen LogP contribution in [0, 0.1) is 13.8 Å². The van der Waals surface area contributed by atoms with E-state index in [-0.39, 0.29) is 5.03 Å². The van der Waals surface area contributed by atoms with Crippen LogP contribution in [-0.4, -0.2) is 20.4 Å². The fraction of sp³-hybridized carbons (Fsp3) is 0.214. The van der Waals surface area contributed by atoms with Crippen LogP contribution in [0.3, 0.4) is 0 Å². The van der Waals surface area contributed by atoms with Crippen molar-refractivity contribution in [2.45, 2.75) is 18.9 Å². The molecule has 20 heavy (non-hydrogen) atoms. The lowest BCUT2D eigenvalue weighted by Crippen LogP contribution is -2.17. The lowest BCUT2D eigenvalue weighted by molar-refractivity contribution is 0.598. The molecular formula is C14H17N3O2S. The molecule has 5 nitrogen and oxygen atoms in total. The number of rotatable bonds is 4. The van der Waals surface area contributed by atoms with E-state index in [1.807, 2.05) is 26.0 Å². The fourth-order valence-corrected chi connectivity index (χ4v) is 3.12. The number of hydrogen-bond donors (Lipinski definition) is 2. The first-order valence-electron chi connectivity index (χ1n) is 6.17. The third-order valence-electron chi connectivity index (χ3n) is 3.14. The van der Waals surface area contributed by atoms with Crippen LogP contribution < -0.4 is 10.0 Å². The Morgan fingerprint density at radius 3 is 2.45 bits per heavy atom. The lowest BCUT2D eigenvalue weighted by atomic mass is 10.1. The van der Waals surface area contributed by atoms with Crippen LogP contribution in [0.5, 0.6) is 0 Å². The molecule has 0 atom stereocenters. The van der Waals surface area contributed by atoms with E-state index in [1.54, 1.807) is 25.2 Å². The molecule has 1 heterocycles. The van der Waals surface area contributed by atoms with Crippen molar-refractivity contribution in [3.8, 4) is 0 Å². The van der Waals surface area contributed by atoms with Crippen LogP contribution in [-0.2, 0) is 10.0 Å². The van der Waals surface area contributed by atoms with Gasteiger partial charge in [-0.2, -0.15) is 8.42 Å². The first-order chi connectivity index (χ1) is 9.45. The van der Waals surface area contributed by atoms with Crippen molar-refractivity contribution in [1.82, 2.24) is 4.98 Å². The van der Waals surface area contributed by atoms with E-state index in [0.717, 1.165) is 11.1 Å². The van der Waals surface area contributed by atoms with Crippen LogP contribution in [0.1, 0.15) is 11.1 Å². The minimum atomic E-state index is -3.72. The molecule has 2 N–H and O–H groups in total. The van der Waals surface area contributed by atoms with Gasteiger partial charge in [-0.15, -0.1) is 0 Å². The molecule has 0 saturated heterocycles. The number of hydrogen-bond acceptors (Lipinski definition) is 4. The topological polar surface area (TPSA) is 71.1 Å². The molecule has 0 aliphatic heterocycles. The Morgan fingerprint density at radius 2 is 1.75 bits per heavy atom. The average molecular weight is 291 g/mol. The van der Waals surface area contributed by atoms with Crippen molar-refractivity contribution >= 4 is 21.4 Å². The van der Waals surface area contributed by atoms with E-state index in [1.165, 1.54) is 6.20 Å². The van der Waals surface area contributed by atoms with Gasteiger partial charge in [0, 0.05) is 13.2 Å². The Morgan fingerprint density at radius 1 is 1.05 bits per heavy atom. The predicted octanol–water partition coefficient (Wildman–Crippen LogP) is 2.54. The second-order valence-electron chi connectivity index (χ2n) is 4.46. The van der Waals surface area contributed by atoms with Crippen molar-refractivity contribution in [1.29, 1.82) is 0 Å². The van der Waals surface area contributed by atoms with E-state index in [2.05, 4.69) is 15.0 Å². The van der Waals surface area contributed by atoms with Gasteiger partial charge in [0.25, 0.3) is 10.0 Å². The number of aryl methyl sites for hydroxylation is 1. The number of anilines is 2. The molecule has 2 aromatic rings. The van der Waals surface area contributed by atoms with E-state index >= 15 is 0 Å². The van der Waals surface area contributed by atoms with Crippen LogP contribution in [0.4, 0.5) is 11.4 Å². The molecule has 0 spiro atoms. The van der Waals surface area contributed by atoms with E-state index < -0.39 is 10.0 Å². The highest BCUT2D eigenvalue weighted by atomic mass is 32.2. The molecule has 0 unspecified atom stereocenters. The smallest absolute Gasteiger partial charge is 0.281 e. The number of sulfonamides is 1. The standard InChI is InChI=1S/C14H17N3O2S/c1-10-6-4-7-12(11(10)2)17-20(18,19)14-13(15-3)8-5-9-16-14/h4-9,15,17H,1-3H3. The zero-order valence-corrected chi connectivity index (χ0v) is 12.5. The average Bonchev–Trinajstić information content (AvgIpc) is 2.43. The molecule has 0 aliphatic carbocycles. The van der Waals surface area contributed by atoms with Gasteiger partial charge in [-0.25, -0.2) is 4.98 Å². The normalized spacial score (nSPS) is 11.2. The number of nitrogens with zero attached hydrogens (tertiary/aromatic N) is 1. The van der Waals surface area contributed by atoms with E-state index in [0.29, 0.717) is 11.4 Å². The molecule has 6 heteroatoms. The monoisotopic (exact) mass is 291 g/mol. The van der Waals surface area contributed by atoms with Gasteiger partial charge in [0.05, 0.1) is 11.4 Å². The summed E-state index contributed by atoms with van der Waals surface area (Å²) in [5.74, 6) is 0. The maximum Gasteiger partial charge on any atom is 0.281 e. The summed E-state index contributed by atoms with van der Waals surface area (Å²) in [7, 11) is -2.06. The molecule has 0 fully saturated rings. The number of aromatic nitrogens is 1. The highest BCUT2D eigenvalue weighted by Gasteiger charge is 2.20. The molecule has 0 amide bonds. The summed E-state index contributed by atoms with van der Waals surface area (Å²) in [6.45, 7) is 3.82. The van der Waals surface area contributed by atoms with Crippen molar-refractivity contribution in [2.24, 2.45) is 0 Å². The number of pyridine rings is 1. The Labute approximate surface area is 119 Å². The minimum absolute atomic E-state index is 0.0107. The second-order valence-corrected chi connectivity index (χ2v) is 6.06.